The number of hydrogen-bond donors (Lipinski definition) is 1. The van der Waals surface area contributed by atoms with Gasteiger partial charge in [-0.2, -0.15) is 0 Å². The molecule has 1 saturated heterocycles. The first-order valence-corrected chi connectivity index (χ1v) is 11.1. The van der Waals surface area contributed by atoms with Crippen LogP contribution in [0.15, 0.2) is 72.8 Å². The zero-order chi connectivity index (χ0) is 22.0. The van der Waals surface area contributed by atoms with Crippen molar-refractivity contribution < 1.29 is 9.18 Å². The fourth-order valence-electron chi connectivity index (χ4n) is 4.92. The van der Waals surface area contributed by atoms with E-state index in [-0.39, 0.29) is 17.0 Å². The van der Waals surface area contributed by atoms with E-state index in [9.17, 15) is 9.18 Å². The molecule has 32 heavy (non-hydrogen) atoms. The van der Waals surface area contributed by atoms with Crippen LogP contribution in [-0.2, 0) is 11.2 Å². The number of carbonyl (C=O) groups is 1. The fourth-order valence-corrected chi connectivity index (χ4v) is 5.52. The first-order valence-electron chi connectivity index (χ1n) is 10.3. The lowest BCUT2D eigenvalue weighted by atomic mass is 9.89. The Kier molecular flexibility index (Phi) is 4.35. The van der Waals surface area contributed by atoms with Gasteiger partial charge in [0.25, 0.3) is 5.91 Å². The minimum Gasteiger partial charge on any atom is -0.356 e. The van der Waals surface area contributed by atoms with Gasteiger partial charge >= 0.3 is 0 Å². The highest BCUT2D eigenvalue weighted by atomic mass is 35.5. The maximum absolute atomic E-state index is 13.8. The molecule has 2 aliphatic heterocycles. The summed E-state index contributed by atoms with van der Waals surface area (Å²) in [4.78, 5) is 20.7. The van der Waals surface area contributed by atoms with Crippen LogP contribution < -0.4 is 4.90 Å². The highest BCUT2D eigenvalue weighted by molar-refractivity contribution is 7.80. The molecule has 3 aromatic carbocycles. The number of aromatic nitrogens is 1. The largest absolute Gasteiger partial charge is 0.356 e. The van der Waals surface area contributed by atoms with E-state index in [2.05, 4.69) is 11.1 Å². The van der Waals surface area contributed by atoms with Crippen molar-refractivity contribution in [3.05, 3.63) is 100 Å². The smallest absolute Gasteiger partial charge is 0.256 e. The van der Waals surface area contributed by atoms with E-state index in [0.717, 1.165) is 27.7 Å². The van der Waals surface area contributed by atoms with Crippen LogP contribution in [0.25, 0.3) is 10.9 Å². The first kappa shape index (κ1) is 19.5. The molecule has 6 rings (SSSR count). The van der Waals surface area contributed by atoms with Crippen LogP contribution in [0.1, 0.15) is 22.9 Å². The van der Waals surface area contributed by atoms with Crippen molar-refractivity contribution in [1.29, 1.82) is 0 Å². The van der Waals surface area contributed by atoms with Gasteiger partial charge < -0.3 is 9.88 Å². The standard InChI is InChI=1S/C25H17ClFN3OS/c26-18-12-15(10-11-19(18)27)29-24(31)21-13-17-16-8-4-5-9-20(16)28-22(17)23(30(21)25(29)32)14-6-2-1-3-7-14/h1-12,21,23,28H,13H2/t21-,23-/m1/s1. The zero-order valence-electron chi connectivity index (χ0n) is 16.8. The third-order valence-electron chi connectivity index (χ3n) is 6.33. The van der Waals surface area contributed by atoms with Crippen molar-refractivity contribution in [1.82, 2.24) is 9.88 Å². The minimum atomic E-state index is -0.533. The maximum Gasteiger partial charge on any atom is 0.256 e. The van der Waals surface area contributed by atoms with Crippen LogP contribution in [0.3, 0.4) is 0 Å². The van der Waals surface area contributed by atoms with Gasteiger partial charge in [-0.3, -0.25) is 9.69 Å². The van der Waals surface area contributed by atoms with E-state index < -0.39 is 11.9 Å². The minimum absolute atomic E-state index is 0.0428. The predicted octanol–water partition coefficient (Wildman–Crippen LogP) is 5.61. The molecule has 0 spiro atoms. The highest BCUT2D eigenvalue weighted by Gasteiger charge is 2.51. The number of halogens is 2. The molecule has 0 aliphatic carbocycles. The van der Waals surface area contributed by atoms with Gasteiger partial charge in [-0.25, -0.2) is 4.39 Å². The molecular weight excluding hydrogens is 445 g/mol. The van der Waals surface area contributed by atoms with Gasteiger partial charge in [0.05, 0.1) is 16.8 Å². The van der Waals surface area contributed by atoms with Crippen LogP contribution >= 0.6 is 23.8 Å². The maximum atomic E-state index is 13.8. The molecule has 1 fully saturated rings. The number of amides is 1. The molecule has 158 valence electrons. The predicted molar refractivity (Wildman–Crippen MR) is 127 cm³/mol. The molecule has 0 bridgehead atoms. The Balaban J connectivity index is 1.54. The molecule has 2 aliphatic rings. The summed E-state index contributed by atoms with van der Waals surface area (Å²) in [5, 5.41) is 1.46. The molecule has 0 radical (unpaired) electrons. The average Bonchev–Trinajstić information content (AvgIpc) is 3.30. The van der Waals surface area contributed by atoms with Crippen molar-refractivity contribution in [2.75, 3.05) is 4.90 Å². The van der Waals surface area contributed by atoms with Crippen LogP contribution in [0.2, 0.25) is 5.02 Å². The van der Waals surface area contributed by atoms with Crippen LogP contribution in [0.5, 0.6) is 0 Å². The summed E-state index contributed by atoms with van der Waals surface area (Å²) in [6.45, 7) is 0. The third kappa shape index (κ3) is 2.73. The molecule has 0 saturated carbocycles. The normalized spacial score (nSPS) is 20.1. The van der Waals surface area contributed by atoms with Crippen molar-refractivity contribution in [2.45, 2.75) is 18.5 Å². The Bertz CT molecular complexity index is 1400. The number of fused-ring (bicyclic) bond motifs is 4. The number of rotatable bonds is 2. The zero-order valence-corrected chi connectivity index (χ0v) is 18.3. The molecule has 0 unspecified atom stereocenters. The number of thiocarbonyl (C=S) groups is 1. The number of anilines is 1. The number of hydrogen-bond acceptors (Lipinski definition) is 2. The molecule has 1 aromatic heterocycles. The SMILES string of the molecule is O=C1[C@H]2Cc3c([nH]c4ccccc34)[C@@H](c3ccccc3)N2C(=S)N1c1ccc(F)c(Cl)c1. The van der Waals surface area contributed by atoms with E-state index in [4.69, 9.17) is 23.8 Å². The lowest BCUT2D eigenvalue weighted by Gasteiger charge is -2.37. The van der Waals surface area contributed by atoms with E-state index in [1.54, 1.807) is 0 Å². The summed E-state index contributed by atoms with van der Waals surface area (Å²) in [5.41, 5.74) is 4.73. The topological polar surface area (TPSA) is 39.3 Å². The van der Waals surface area contributed by atoms with Crippen LogP contribution in [0.4, 0.5) is 10.1 Å². The number of carbonyl (C=O) groups excluding carboxylic acids is 1. The second kappa shape index (κ2) is 7.15. The van der Waals surface area contributed by atoms with Crippen molar-refractivity contribution in [3.63, 3.8) is 0 Å². The summed E-state index contributed by atoms with van der Waals surface area (Å²) in [6, 6.07) is 21.7. The number of nitrogens with one attached hydrogen (secondary N) is 1. The van der Waals surface area contributed by atoms with E-state index in [1.165, 1.54) is 23.1 Å². The summed E-state index contributed by atoms with van der Waals surface area (Å²) in [7, 11) is 0. The van der Waals surface area contributed by atoms with Gasteiger partial charge in [0.1, 0.15) is 11.9 Å². The van der Waals surface area contributed by atoms with E-state index in [0.29, 0.717) is 17.2 Å². The molecule has 4 nitrogen and oxygen atoms in total. The van der Waals surface area contributed by atoms with E-state index in [1.807, 2.05) is 53.4 Å². The second-order valence-electron chi connectivity index (χ2n) is 8.06. The fraction of sp³-hybridized carbons (Fsp3) is 0.120. The quantitative estimate of drug-likeness (QED) is 0.394. The monoisotopic (exact) mass is 461 g/mol. The molecular formula is C25H17ClFN3OS. The lowest BCUT2D eigenvalue weighted by Crippen LogP contribution is -2.44. The number of para-hydroxylation sites is 1. The van der Waals surface area contributed by atoms with Gasteiger partial charge in [0.15, 0.2) is 5.11 Å². The Morgan fingerprint density at radius 1 is 1.03 bits per heavy atom. The van der Waals surface area contributed by atoms with Crippen LogP contribution in [-0.4, -0.2) is 26.9 Å². The molecule has 3 heterocycles. The van der Waals surface area contributed by atoms with Gasteiger partial charge in [0.2, 0.25) is 0 Å². The molecule has 1 N–H and O–H groups in total. The first-order chi connectivity index (χ1) is 15.5. The van der Waals surface area contributed by atoms with Gasteiger partial charge in [0, 0.05) is 23.0 Å². The Morgan fingerprint density at radius 3 is 2.56 bits per heavy atom. The lowest BCUT2D eigenvalue weighted by molar-refractivity contribution is -0.120. The van der Waals surface area contributed by atoms with Gasteiger partial charge in [-0.15, -0.1) is 0 Å². The molecule has 7 heteroatoms. The van der Waals surface area contributed by atoms with Crippen molar-refractivity contribution in [3.8, 4) is 0 Å². The summed E-state index contributed by atoms with van der Waals surface area (Å²) in [6.07, 6.45) is 0.535. The Morgan fingerprint density at radius 2 is 1.78 bits per heavy atom. The average molecular weight is 462 g/mol. The number of benzene rings is 3. The molecule has 4 aromatic rings. The number of aromatic amines is 1. The van der Waals surface area contributed by atoms with Gasteiger partial charge in [-0.1, -0.05) is 60.1 Å². The van der Waals surface area contributed by atoms with Crippen LogP contribution in [0, 0.1) is 5.82 Å². The van der Waals surface area contributed by atoms with Gasteiger partial charge in [-0.05, 0) is 47.6 Å². The highest BCUT2D eigenvalue weighted by Crippen LogP contribution is 2.45. The summed E-state index contributed by atoms with van der Waals surface area (Å²) < 4.78 is 13.8. The Hall–Kier alpha value is -3.22. The molecule has 1 amide bonds. The number of nitrogens with zero attached hydrogens (tertiary/aromatic N) is 2. The third-order valence-corrected chi connectivity index (χ3v) is 7.01. The van der Waals surface area contributed by atoms with E-state index >= 15 is 0 Å². The second-order valence-corrected chi connectivity index (χ2v) is 8.83. The number of H-pyrrole nitrogens is 1. The summed E-state index contributed by atoms with van der Waals surface area (Å²) >= 11 is 11.9. The summed E-state index contributed by atoms with van der Waals surface area (Å²) in [5.74, 6) is -0.663. The molecule has 2 atom stereocenters. The Labute approximate surface area is 194 Å². The van der Waals surface area contributed by atoms with Crippen molar-refractivity contribution in [2.24, 2.45) is 0 Å². The van der Waals surface area contributed by atoms with Crippen molar-refractivity contribution >= 4 is 51.4 Å².